The Hall–Kier alpha value is -1.36. The van der Waals surface area contributed by atoms with Crippen molar-refractivity contribution >= 4 is 11.6 Å². The zero-order valence-electron chi connectivity index (χ0n) is 12.9. The van der Waals surface area contributed by atoms with Crippen LogP contribution in [0.3, 0.4) is 0 Å². The first kappa shape index (κ1) is 15.7. The summed E-state index contributed by atoms with van der Waals surface area (Å²) >= 11 is 0. The number of anilines is 2. The molecular weight excluding hydrogens is 238 g/mol. The molecule has 0 spiro atoms. The quantitative estimate of drug-likeness (QED) is 0.777. The fourth-order valence-electron chi connectivity index (χ4n) is 1.75. The first-order valence-electron chi connectivity index (χ1n) is 7.04. The molecule has 19 heavy (non-hydrogen) atoms. The summed E-state index contributed by atoms with van der Waals surface area (Å²) in [5, 5.41) is 3.28. The van der Waals surface area contributed by atoms with Crippen molar-refractivity contribution < 1.29 is 0 Å². The second-order valence-electron chi connectivity index (χ2n) is 5.03. The van der Waals surface area contributed by atoms with E-state index in [1.807, 2.05) is 6.07 Å². The van der Waals surface area contributed by atoms with Gasteiger partial charge in [0.1, 0.15) is 17.5 Å². The molecule has 1 N–H and O–H groups in total. The zero-order valence-corrected chi connectivity index (χ0v) is 12.9. The summed E-state index contributed by atoms with van der Waals surface area (Å²) in [6.07, 6.45) is 1.99. The van der Waals surface area contributed by atoms with Crippen molar-refractivity contribution in [3.63, 3.8) is 0 Å². The second-order valence-corrected chi connectivity index (χ2v) is 5.03. The van der Waals surface area contributed by atoms with Crippen molar-refractivity contribution in [2.24, 2.45) is 0 Å². The lowest BCUT2D eigenvalue weighted by Crippen LogP contribution is -2.29. The van der Waals surface area contributed by atoms with E-state index >= 15 is 0 Å². The molecule has 108 valence electrons. The molecule has 5 nitrogen and oxygen atoms in total. The maximum atomic E-state index is 4.64. The molecule has 1 aromatic rings. The third-order valence-electron chi connectivity index (χ3n) is 2.86. The first-order valence-corrected chi connectivity index (χ1v) is 7.04. The fraction of sp³-hybridized carbons (Fsp3) is 0.714. The van der Waals surface area contributed by atoms with Crippen LogP contribution in [-0.4, -0.2) is 55.6 Å². The molecule has 0 bridgehead atoms. The van der Waals surface area contributed by atoms with E-state index in [1.54, 1.807) is 0 Å². The molecule has 1 rings (SSSR count). The summed E-state index contributed by atoms with van der Waals surface area (Å²) < 4.78 is 0. The van der Waals surface area contributed by atoms with Gasteiger partial charge < -0.3 is 15.1 Å². The maximum absolute atomic E-state index is 4.64. The number of nitrogens with zero attached hydrogens (tertiary/aromatic N) is 4. The van der Waals surface area contributed by atoms with Crippen LogP contribution in [-0.2, 0) is 6.42 Å². The van der Waals surface area contributed by atoms with Crippen LogP contribution in [0.2, 0.25) is 0 Å². The van der Waals surface area contributed by atoms with Gasteiger partial charge in [-0.3, -0.25) is 0 Å². The molecule has 1 heterocycles. The lowest BCUT2D eigenvalue weighted by Gasteiger charge is -2.21. The van der Waals surface area contributed by atoms with E-state index in [1.165, 1.54) is 0 Å². The minimum absolute atomic E-state index is 0.878. The lowest BCUT2D eigenvalue weighted by molar-refractivity contribution is 0.416. The van der Waals surface area contributed by atoms with Crippen LogP contribution in [0.15, 0.2) is 6.07 Å². The van der Waals surface area contributed by atoms with Gasteiger partial charge in [-0.25, -0.2) is 9.97 Å². The van der Waals surface area contributed by atoms with Gasteiger partial charge in [0.15, 0.2) is 0 Å². The topological polar surface area (TPSA) is 44.3 Å². The fourth-order valence-corrected chi connectivity index (χ4v) is 1.75. The lowest BCUT2D eigenvalue weighted by atomic mass is 10.3. The number of rotatable bonds is 8. The van der Waals surface area contributed by atoms with Gasteiger partial charge in [-0.1, -0.05) is 6.92 Å². The van der Waals surface area contributed by atoms with Crippen LogP contribution in [0.1, 0.15) is 26.1 Å². The summed E-state index contributed by atoms with van der Waals surface area (Å²) in [6, 6.07) is 2.03. The summed E-state index contributed by atoms with van der Waals surface area (Å²) in [7, 11) is 6.25. The summed E-state index contributed by atoms with van der Waals surface area (Å²) in [6.45, 7) is 7.08. The van der Waals surface area contributed by atoms with Crippen molar-refractivity contribution in [3.8, 4) is 0 Å². The highest BCUT2D eigenvalue weighted by molar-refractivity contribution is 5.49. The van der Waals surface area contributed by atoms with Gasteiger partial charge in [-0.2, -0.15) is 0 Å². The Kier molecular flexibility index (Phi) is 6.56. The van der Waals surface area contributed by atoms with Crippen molar-refractivity contribution in [2.45, 2.75) is 26.7 Å². The second kappa shape index (κ2) is 7.94. The molecule has 0 aliphatic heterocycles. The molecule has 5 heteroatoms. The largest absolute Gasteiger partial charge is 0.370 e. The first-order chi connectivity index (χ1) is 9.06. The molecule has 0 aromatic carbocycles. The Balaban J connectivity index is 2.84. The van der Waals surface area contributed by atoms with Crippen LogP contribution < -0.4 is 10.2 Å². The average molecular weight is 265 g/mol. The van der Waals surface area contributed by atoms with Gasteiger partial charge in [0.05, 0.1) is 0 Å². The number of aryl methyl sites for hydroxylation is 1. The van der Waals surface area contributed by atoms with E-state index in [9.17, 15) is 0 Å². The maximum Gasteiger partial charge on any atom is 0.134 e. The molecule has 1 aromatic heterocycles. The molecule has 0 atom stereocenters. The van der Waals surface area contributed by atoms with E-state index in [-0.39, 0.29) is 0 Å². The van der Waals surface area contributed by atoms with Crippen molar-refractivity contribution in [1.29, 1.82) is 0 Å². The highest BCUT2D eigenvalue weighted by Crippen LogP contribution is 2.15. The summed E-state index contributed by atoms with van der Waals surface area (Å²) in [5.41, 5.74) is 0. The molecule has 0 radical (unpaired) electrons. The van der Waals surface area contributed by atoms with Crippen molar-refractivity contribution in [1.82, 2.24) is 14.9 Å². The average Bonchev–Trinajstić information content (AvgIpc) is 2.36. The third kappa shape index (κ3) is 5.42. The molecule has 0 aliphatic rings. The minimum atomic E-state index is 0.878. The highest BCUT2D eigenvalue weighted by Gasteiger charge is 2.08. The van der Waals surface area contributed by atoms with Gasteiger partial charge in [0.2, 0.25) is 0 Å². The van der Waals surface area contributed by atoms with Crippen molar-refractivity contribution in [3.05, 3.63) is 11.9 Å². The number of hydrogen-bond acceptors (Lipinski definition) is 5. The Labute approximate surface area is 117 Å². The van der Waals surface area contributed by atoms with Gasteiger partial charge in [-0.05, 0) is 27.4 Å². The summed E-state index contributed by atoms with van der Waals surface area (Å²) in [4.78, 5) is 13.5. The van der Waals surface area contributed by atoms with Crippen LogP contribution in [0.4, 0.5) is 11.6 Å². The van der Waals surface area contributed by atoms with E-state index in [0.717, 1.165) is 49.9 Å². The van der Waals surface area contributed by atoms with E-state index < -0.39 is 0 Å². The summed E-state index contributed by atoms with van der Waals surface area (Å²) in [5.74, 6) is 2.84. The van der Waals surface area contributed by atoms with Crippen LogP contribution >= 0.6 is 0 Å². The minimum Gasteiger partial charge on any atom is -0.370 e. The van der Waals surface area contributed by atoms with Crippen LogP contribution in [0.5, 0.6) is 0 Å². The molecule has 0 saturated heterocycles. The number of likely N-dealkylation sites (N-methyl/N-ethyl adjacent to an activating group) is 2. The SMILES string of the molecule is CCCc1nc(NCC)cc(N(C)CCN(C)C)n1. The number of aromatic nitrogens is 2. The van der Waals surface area contributed by atoms with Gasteiger partial charge in [-0.15, -0.1) is 0 Å². The van der Waals surface area contributed by atoms with E-state index in [2.05, 4.69) is 60.1 Å². The van der Waals surface area contributed by atoms with E-state index in [0.29, 0.717) is 0 Å². The highest BCUT2D eigenvalue weighted by atomic mass is 15.2. The van der Waals surface area contributed by atoms with Crippen LogP contribution in [0.25, 0.3) is 0 Å². The predicted octanol–water partition coefficient (Wildman–Crippen LogP) is 1.86. The van der Waals surface area contributed by atoms with Gasteiger partial charge in [0, 0.05) is 39.2 Å². The number of hydrogen-bond donors (Lipinski definition) is 1. The van der Waals surface area contributed by atoms with Crippen molar-refractivity contribution in [2.75, 3.05) is 51.0 Å². The zero-order chi connectivity index (χ0) is 14.3. The van der Waals surface area contributed by atoms with Gasteiger partial charge >= 0.3 is 0 Å². The predicted molar refractivity (Wildman–Crippen MR) is 82.0 cm³/mol. The molecule has 0 fully saturated rings. The van der Waals surface area contributed by atoms with Crippen LogP contribution in [0, 0.1) is 0 Å². The molecule has 0 amide bonds. The molecule has 0 unspecified atom stereocenters. The third-order valence-corrected chi connectivity index (χ3v) is 2.86. The van der Waals surface area contributed by atoms with E-state index in [4.69, 9.17) is 0 Å². The van der Waals surface area contributed by atoms with Gasteiger partial charge in [0.25, 0.3) is 0 Å². The Morgan fingerprint density at radius 1 is 1.11 bits per heavy atom. The normalized spacial score (nSPS) is 10.8. The smallest absolute Gasteiger partial charge is 0.134 e. The molecule has 0 saturated carbocycles. The number of nitrogens with one attached hydrogen (secondary N) is 1. The molecule has 0 aliphatic carbocycles. The molecular formula is C14H27N5. The standard InChI is InChI=1S/C14H27N5/c1-6-8-12-16-13(15-7-2)11-14(17-12)19(5)10-9-18(3)4/h11H,6-10H2,1-5H3,(H,15,16,17). The Bertz CT molecular complexity index is 354. The Morgan fingerprint density at radius 3 is 2.42 bits per heavy atom. The monoisotopic (exact) mass is 265 g/mol. The Morgan fingerprint density at radius 2 is 1.84 bits per heavy atom.